The van der Waals surface area contributed by atoms with Crippen molar-refractivity contribution in [1.29, 1.82) is 0 Å². The lowest BCUT2D eigenvalue weighted by Gasteiger charge is -2.22. The van der Waals surface area contributed by atoms with Gasteiger partial charge in [0, 0.05) is 13.1 Å². The summed E-state index contributed by atoms with van der Waals surface area (Å²) in [4.78, 5) is 12.7. The van der Waals surface area contributed by atoms with E-state index in [4.69, 9.17) is 0 Å². The molecule has 0 saturated carbocycles. The van der Waals surface area contributed by atoms with E-state index in [-0.39, 0.29) is 0 Å². The highest BCUT2D eigenvalue weighted by Gasteiger charge is 2.21. The molecule has 0 radical (unpaired) electrons. The molecule has 1 amide bonds. The fourth-order valence-corrected chi connectivity index (χ4v) is 2.20. The van der Waals surface area contributed by atoms with Gasteiger partial charge in [0.15, 0.2) is 0 Å². The molecule has 1 atom stereocenters. The molecule has 0 aromatic heterocycles. The molecule has 2 rings (SSSR count). The van der Waals surface area contributed by atoms with Crippen molar-refractivity contribution >= 4 is 6.09 Å². The summed E-state index contributed by atoms with van der Waals surface area (Å²) in [5.74, 6) is 0.454. The van der Waals surface area contributed by atoms with Gasteiger partial charge in [-0.15, -0.1) is 0 Å². The maximum atomic E-state index is 11.2. The number of carbonyl (C=O) groups is 1. The van der Waals surface area contributed by atoms with Crippen molar-refractivity contribution in [3.63, 3.8) is 0 Å². The Morgan fingerprint density at radius 1 is 1.41 bits per heavy atom. The standard InChI is InChI=1S/C13H18N2O2/c16-13(17)15(10-12-6-7-14-8-12)9-11-4-2-1-3-5-11/h1-5,12,14H,6-10H2,(H,16,17)/t12-/m0/s1. The number of nitrogens with zero attached hydrogens (tertiary/aromatic N) is 1. The first kappa shape index (κ1) is 11.9. The number of carboxylic acid groups (broad SMARTS) is 1. The Morgan fingerprint density at radius 3 is 2.76 bits per heavy atom. The highest BCUT2D eigenvalue weighted by Crippen LogP contribution is 2.12. The zero-order valence-electron chi connectivity index (χ0n) is 9.80. The molecule has 0 spiro atoms. The van der Waals surface area contributed by atoms with E-state index in [2.05, 4.69) is 5.32 Å². The van der Waals surface area contributed by atoms with Crippen molar-refractivity contribution in [3.05, 3.63) is 35.9 Å². The molecule has 1 aliphatic heterocycles. The van der Waals surface area contributed by atoms with Crippen LogP contribution in [0, 0.1) is 5.92 Å². The Hall–Kier alpha value is -1.55. The first-order chi connectivity index (χ1) is 8.25. The van der Waals surface area contributed by atoms with Crippen LogP contribution in [0.1, 0.15) is 12.0 Å². The van der Waals surface area contributed by atoms with Gasteiger partial charge in [-0.3, -0.25) is 0 Å². The molecule has 1 aromatic rings. The van der Waals surface area contributed by atoms with Crippen molar-refractivity contribution in [3.8, 4) is 0 Å². The molecule has 0 unspecified atom stereocenters. The van der Waals surface area contributed by atoms with Gasteiger partial charge in [-0.1, -0.05) is 30.3 Å². The molecule has 4 nitrogen and oxygen atoms in total. The van der Waals surface area contributed by atoms with Gasteiger partial charge in [0.1, 0.15) is 0 Å². The molecule has 92 valence electrons. The van der Waals surface area contributed by atoms with Gasteiger partial charge in [-0.2, -0.15) is 0 Å². The average molecular weight is 234 g/mol. The third-order valence-corrected chi connectivity index (χ3v) is 3.13. The quantitative estimate of drug-likeness (QED) is 0.835. The molecule has 1 heterocycles. The second-order valence-corrected chi connectivity index (χ2v) is 4.51. The lowest BCUT2D eigenvalue weighted by Crippen LogP contribution is -2.34. The van der Waals surface area contributed by atoms with Crippen LogP contribution in [-0.4, -0.2) is 35.7 Å². The van der Waals surface area contributed by atoms with Gasteiger partial charge in [-0.05, 0) is 31.0 Å². The fraction of sp³-hybridized carbons (Fsp3) is 0.462. The van der Waals surface area contributed by atoms with Crippen molar-refractivity contribution < 1.29 is 9.90 Å². The summed E-state index contributed by atoms with van der Waals surface area (Å²) in [5.41, 5.74) is 1.04. The van der Waals surface area contributed by atoms with Crippen molar-refractivity contribution in [2.24, 2.45) is 5.92 Å². The van der Waals surface area contributed by atoms with Gasteiger partial charge in [0.2, 0.25) is 0 Å². The molecule has 2 N–H and O–H groups in total. The van der Waals surface area contributed by atoms with E-state index in [9.17, 15) is 9.90 Å². The second kappa shape index (κ2) is 5.68. The molecule has 4 heteroatoms. The smallest absolute Gasteiger partial charge is 0.407 e. The summed E-state index contributed by atoms with van der Waals surface area (Å²) in [7, 11) is 0. The average Bonchev–Trinajstić information content (AvgIpc) is 2.82. The number of hydrogen-bond donors (Lipinski definition) is 2. The van der Waals surface area contributed by atoms with Gasteiger partial charge in [0.25, 0.3) is 0 Å². The van der Waals surface area contributed by atoms with Gasteiger partial charge in [0.05, 0.1) is 0 Å². The minimum atomic E-state index is -0.833. The SMILES string of the molecule is O=C(O)N(Cc1ccccc1)C[C@H]1CCNC1. The summed E-state index contributed by atoms with van der Waals surface area (Å²) in [6.07, 6.45) is 0.235. The first-order valence-electron chi connectivity index (χ1n) is 5.98. The highest BCUT2D eigenvalue weighted by atomic mass is 16.4. The first-order valence-corrected chi connectivity index (χ1v) is 5.98. The second-order valence-electron chi connectivity index (χ2n) is 4.51. The molecular formula is C13H18N2O2. The van der Waals surface area contributed by atoms with E-state index >= 15 is 0 Å². The zero-order chi connectivity index (χ0) is 12.1. The van der Waals surface area contributed by atoms with E-state index in [1.54, 1.807) is 0 Å². The minimum absolute atomic E-state index is 0.454. The number of rotatable bonds is 4. The van der Waals surface area contributed by atoms with Crippen LogP contribution in [0.4, 0.5) is 4.79 Å². The van der Waals surface area contributed by atoms with E-state index in [1.807, 2.05) is 30.3 Å². The van der Waals surface area contributed by atoms with Crippen LogP contribution >= 0.6 is 0 Å². The Morgan fingerprint density at radius 2 is 2.18 bits per heavy atom. The van der Waals surface area contributed by atoms with E-state index in [0.717, 1.165) is 25.1 Å². The lowest BCUT2D eigenvalue weighted by atomic mass is 10.1. The van der Waals surface area contributed by atoms with Crippen molar-refractivity contribution in [2.75, 3.05) is 19.6 Å². The Labute approximate surface area is 101 Å². The molecule has 1 saturated heterocycles. The summed E-state index contributed by atoms with van der Waals surface area (Å²) < 4.78 is 0. The third kappa shape index (κ3) is 3.46. The zero-order valence-corrected chi connectivity index (χ0v) is 9.80. The van der Waals surface area contributed by atoms with Crippen LogP contribution in [-0.2, 0) is 6.54 Å². The maximum Gasteiger partial charge on any atom is 0.407 e. The predicted octanol–water partition coefficient (Wildman–Crippen LogP) is 1.78. The topological polar surface area (TPSA) is 52.6 Å². The van der Waals surface area contributed by atoms with Crippen molar-refractivity contribution in [1.82, 2.24) is 10.2 Å². The van der Waals surface area contributed by atoms with Crippen LogP contribution in [0.25, 0.3) is 0 Å². The van der Waals surface area contributed by atoms with E-state index < -0.39 is 6.09 Å². The highest BCUT2D eigenvalue weighted by molar-refractivity contribution is 5.65. The van der Waals surface area contributed by atoms with Crippen LogP contribution in [0.15, 0.2) is 30.3 Å². The van der Waals surface area contributed by atoms with E-state index in [0.29, 0.717) is 19.0 Å². The molecular weight excluding hydrogens is 216 g/mol. The molecule has 17 heavy (non-hydrogen) atoms. The third-order valence-electron chi connectivity index (χ3n) is 3.13. The maximum absolute atomic E-state index is 11.2. The van der Waals surface area contributed by atoms with Crippen LogP contribution in [0.2, 0.25) is 0 Å². The molecule has 1 fully saturated rings. The largest absolute Gasteiger partial charge is 0.465 e. The Bertz CT molecular complexity index is 361. The Balaban J connectivity index is 1.95. The number of nitrogens with one attached hydrogen (secondary N) is 1. The summed E-state index contributed by atoms with van der Waals surface area (Å²) in [6, 6.07) is 9.74. The summed E-state index contributed by atoms with van der Waals surface area (Å²) in [5, 5.41) is 12.5. The van der Waals surface area contributed by atoms with Gasteiger partial charge >= 0.3 is 6.09 Å². The fourth-order valence-electron chi connectivity index (χ4n) is 2.20. The van der Waals surface area contributed by atoms with E-state index in [1.165, 1.54) is 4.90 Å². The van der Waals surface area contributed by atoms with Gasteiger partial charge in [-0.25, -0.2) is 4.79 Å². The normalized spacial score (nSPS) is 19.2. The molecule has 1 aliphatic rings. The predicted molar refractivity (Wildman–Crippen MR) is 65.9 cm³/mol. The van der Waals surface area contributed by atoms with Crippen molar-refractivity contribution in [2.45, 2.75) is 13.0 Å². The number of benzene rings is 1. The molecule has 0 aliphatic carbocycles. The molecule has 1 aromatic carbocycles. The van der Waals surface area contributed by atoms with Crippen LogP contribution < -0.4 is 5.32 Å². The lowest BCUT2D eigenvalue weighted by molar-refractivity contribution is 0.135. The summed E-state index contributed by atoms with van der Waals surface area (Å²) in [6.45, 7) is 3.03. The number of amides is 1. The minimum Gasteiger partial charge on any atom is -0.465 e. The summed E-state index contributed by atoms with van der Waals surface area (Å²) >= 11 is 0. The van der Waals surface area contributed by atoms with Crippen LogP contribution in [0.5, 0.6) is 0 Å². The number of hydrogen-bond acceptors (Lipinski definition) is 2. The Kier molecular flexibility index (Phi) is 3.98. The monoisotopic (exact) mass is 234 g/mol. The van der Waals surface area contributed by atoms with Gasteiger partial charge < -0.3 is 15.3 Å². The van der Waals surface area contributed by atoms with Crippen LogP contribution in [0.3, 0.4) is 0 Å². The molecule has 0 bridgehead atoms.